The number of aromatic nitrogens is 3. The van der Waals surface area contributed by atoms with Crippen LogP contribution in [-0.4, -0.2) is 52.5 Å². The largest absolute Gasteiger partial charge is 0.379 e. The monoisotopic (exact) mass is 424 g/mol. The van der Waals surface area contributed by atoms with E-state index in [1.165, 1.54) is 0 Å². The van der Waals surface area contributed by atoms with Crippen molar-refractivity contribution in [1.82, 2.24) is 19.7 Å². The number of nitrogens with zero attached hydrogens (tertiary/aromatic N) is 4. The molecule has 0 bridgehead atoms. The fourth-order valence-corrected chi connectivity index (χ4v) is 3.83. The van der Waals surface area contributed by atoms with E-state index in [1.54, 1.807) is 4.68 Å². The average Bonchev–Trinajstić information content (AvgIpc) is 2.77. The van der Waals surface area contributed by atoms with E-state index in [4.69, 9.17) is 16.3 Å². The molecule has 0 aliphatic carbocycles. The molecular weight excluding hydrogens is 400 g/mol. The standard InChI is InChI=1S/C23H25ClN4O2/c24-20-9-4-6-18(16-20)17-21-25-22(19-7-2-1-3-8-19)23(29)28(26-21)11-5-10-27-12-14-30-15-13-27/h1-4,6-9,16H,5,10-15,17H2. The topological polar surface area (TPSA) is 60.2 Å². The summed E-state index contributed by atoms with van der Waals surface area (Å²) < 4.78 is 6.97. The van der Waals surface area contributed by atoms with Crippen LogP contribution in [0.4, 0.5) is 0 Å². The lowest BCUT2D eigenvalue weighted by molar-refractivity contribution is 0.0367. The second-order valence-electron chi connectivity index (χ2n) is 7.39. The third-order valence-electron chi connectivity index (χ3n) is 5.16. The molecule has 6 nitrogen and oxygen atoms in total. The Balaban J connectivity index is 1.59. The zero-order valence-corrected chi connectivity index (χ0v) is 17.6. The number of hydrogen-bond donors (Lipinski definition) is 0. The van der Waals surface area contributed by atoms with E-state index >= 15 is 0 Å². The minimum Gasteiger partial charge on any atom is -0.379 e. The molecule has 0 spiro atoms. The van der Waals surface area contributed by atoms with E-state index in [9.17, 15) is 4.79 Å². The SMILES string of the molecule is O=c1c(-c2ccccc2)nc(Cc2cccc(Cl)c2)nn1CCCN1CCOCC1. The second-order valence-corrected chi connectivity index (χ2v) is 7.82. The first-order valence-corrected chi connectivity index (χ1v) is 10.6. The van der Waals surface area contributed by atoms with Gasteiger partial charge in [-0.15, -0.1) is 0 Å². The zero-order valence-electron chi connectivity index (χ0n) is 16.8. The summed E-state index contributed by atoms with van der Waals surface area (Å²) in [7, 11) is 0. The molecule has 0 unspecified atom stereocenters. The first kappa shape index (κ1) is 20.7. The van der Waals surface area contributed by atoms with Crippen molar-refractivity contribution < 1.29 is 4.74 Å². The highest BCUT2D eigenvalue weighted by Gasteiger charge is 2.14. The first-order chi connectivity index (χ1) is 14.7. The lowest BCUT2D eigenvalue weighted by Crippen LogP contribution is -2.37. The van der Waals surface area contributed by atoms with Crippen LogP contribution in [0.5, 0.6) is 0 Å². The van der Waals surface area contributed by atoms with Gasteiger partial charge in [0.1, 0.15) is 5.69 Å². The molecule has 2 aromatic carbocycles. The van der Waals surface area contributed by atoms with Gasteiger partial charge in [-0.3, -0.25) is 9.69 Å². The van der Waals surface area contributed by atoms with Crippen molar-refractivity contribution in [3.05, 3.63) is 81.4 Å². The minimum atomic E-state index is -0.155. The lowest BCUT2D eigenvalue weighted by Gasteiger charge is -2.26. The van der Waals surface area contributed by atoms with Crippen LogP contribution in [0.25, 0.3) is 11.3 Å². The maximum Gasteiger partial charge on any atom is 0.293 e. The van der Waals surface area contributed by atoms with Gasteiger partial charge in [0.2, 0.25) is 0 Å². The van der Waals surface area contributed by atoms with Gasteiger partial charge in [0.15, 0.2) is 5.82 Å². The van der Waals surface area contributed by atoms with Crippen molar-refractivity contribution in [2.45, 2.75) is 19.4 Å². The van der Waals surface area contributed by atoms with Crippen LogP contribution in [0.15, 0.2) is 59.4 Å². The summed E-state index contributed by atoms with van der Waals surface area (Å²) in [5.74, 6) is 0.613. The molecule has 0 N–H and O–H groups in total. The van der Waals surface area contributed by atoms with Gasteiger partial charge in [0, 0.05) is 43.2 Å². The molecule has 4 rings (SSSR count). The Morgan fingerprint density at radius 2 is 1.80 bits per heavy atom. The van der Waals surface area contributed by atoms with Gasteiger partial charge in [-0.2, -0.15) is 5.10 Å². The molecule has 1 fully saturated rings. The number of aryl methyl sites for hydroxylation is 1. The number of halogens is 1. The van der Waals surface area contributed by atoms with Crippen LogP contribution in [0.1, 0.15) is 17.8 Å². The lowest BCUT2D eigenvalue weighted by atomic mass is 10.1. The summed E-state index contributed by atoms with van der Waals surface area (Å²) >= 11 is 6.13. The Morgan fingerprint density at radius 3 is 2.57 bits per heavy atom. The van der Waals surface area contributed by atoms with Crippen LogP contribution in [0.3, 0.4) is 0 Å². The first-order valence-electron chi connectivity index (χ1n) is 10.3. The molecule has 3 aromatic rings. The molecule has 1 saturated heterocycles. The Kier molecular flexibility index (Phi) is 6.89. The van der Waals surface area contributed by atoms with Gasteiger partial charge >= 0.3 is 0 Å². The normalized spacial score (nSPS) is 14.7. The molecule has 2 heterocycles. The van der Waals surface area contributed by atoms with Crippen LogP contribution >= 0.6 is 11.6 Å². The number of rotatable bonds is 7. The molecular formula is C23H25ClN4O2. The molecule has 30 heavy (non-hydrogen) atoms. The van der Waals surface area contributed by atoms with Crippen molar-refractivity contribution in [2.24, 2.45) is 0 Å². The third kappa shape index (κ3) is 5.33. The molecule has 1 aromatic heterocycles. The maximum absolute atomic E-state index is 13.1. The fourth-order valence-electron chi connectivity index (χ4n) is 3.62. The minimum absolute atomic E-state index is 0.155. The van der Waals surface area contributed by atoms with E-state index in [-0.39, 0.29) is 5.56 Å². The average molecular weight is 425 g/mol. The Bertz CT molecular complexity index is 1030. The summed E-state index contributed by atoms with van der Waals surface area (Å²) in [6.45, 7) is 4.90. The van der Waals surface area contributed by atoms with Crippen molar-refractivity contribution in [2.75, 3.05) is 32.8 Å². The van der Waals surface area contributed by atoms with E-state index in [1.807, 2.05) is 54.6 Å². The van der Waals surface area contributed by atoms with Gasteiger partial charge in [-0.1, -0.05) is 54.1 Å². The predicted octanol–water partition coefficient (Wildman–Crippen LogP) is 3.27. The van der Waals surface area contributed by atoms with E-state index in [2.05, 4.69) is 15.0 Å². The predicted molar refractivity (Wildman–Crippen MR) is 118 cm³/mol. The van der Waals surface area contributed by atoms with Crippen LogP contribution in [-0.2, 0) is 17.7 Å². The quantitative estimate of drug-likeness (QED) is 0.582. The molecule has 0 amide bonds. The smallest absolute Gasteiger partial charge is 0.293 e. The van der Waals surface area contributed by atoms with E-state index in [0.717, 1.165) is 50.4 Å². The van der Waals surface area contributed by atoms with Crippen molar-refractivity contribution >= 4 is 11.6 Å². The van der Waals surface area contributed by atoms with Crippen molar-refractivity contribution in [1.29, 1.82) is 0 Å². The number of ether oxygens (including phenoxy) is 1. The highest BCUT2D eigenvalue weighted by Crippen LogP contribution is 2.16. The highest BCUT2D eigenvalue weighted by molar-refractivity contribution is 6.30. The molecule has 7 heteroatoms. The fraction of sp³-hybridized carbons (Fsp3) is 0.348. The Hall–Kier alpha value is -2.54. The molecule has 0 atom stereocenters. The van der Waals surface area contributed by atoms with E-state index < -0.39 is 0 Å². The highest BCUT2D eigenvalue weighted by atomic mass is 35.5. The number of benzene rings is 2. The van der Waals surface area contributed by atoms with Crippen molar-refractivity contribution in [3.63, 3.8) is 0 Å². The van der Waals surface area contributed by atoms with E-state index in [0.29, 0.717) is 29.5 Å². The number of hydrogen-bond acceptors (Lipinski definition) is 5. The molecule has 1 aliphatic heterocycles. The van der Waals surface area contributed by atoms with Gasteiger partial charge < -0.3 is 4.74 Å². The summed E-state index contributed by atoms with van der Waals surface area (Å²) in [5, 5.41) is 5.25. The Labute approximate surface area is 181 Å². The zero-order chi connectivity index (χ0) is 20.8. The van der Waals surface area contributed by atoms with Gasteiger partial charge in [0.25, 0.3) is 5.56 Å². The molecule has 1 aliphatic rings. The molecule has 156 valence electrons. The molecule has 0 saturated carbocycles. The summed E-state index contributed by atoms with van der Waals surface area (Å²) in [6, 6.07) is 17.2. The Morgan fingerprint density at radius 1 is 1.00 bits per heavy atom. The summed E-state index contributed by atoms with van der Waals surface area (Å²) in [5.41, 5.74) is 2.10. The van der Waals surface area contributed by atoms with Gasteiger partial charge in [-0.25, -0.2) is 9.67 Å². The van der Waals surface area contributed by atoms with Crippen LogP contribution in [0.2, 0.25) is 5.02 Å². The van der Waals surface area contributed by atoms with Crippen LogP contribution in [0, 0.1) is 0 Å². The third-order valence-corrected chi connectivity index (χ3v) is 5.40. The molecule has 0 radical (unpaired) electrons. The summed E-state index contributed by atoms with van der Waals surface area (Å²) in [4.78, 5) is 20.1. The summed E-state index contributed by atoms with van der Waals surface area (Å²) in [6.07, 6.45) is 1.37. The van der Waals surface area contributed by atoms with Crippen LogP contribution < -0.4 is 5.56 Å². The number of morpholine rings is 1. The van der Waals surface area contributed by atoms with Crippen molar-refractivity contribution in [3.8, 4) is 11.3 Å². The van der Waals surface area contributed by atoms with Gasteiger partial charge in [0.05, 0.1) is 13.2 Å². The maximum atomic E-state index is 13.1. The second kappa shape index (κ2) is 9.98. The van der Waals surface area contributed by atoms with Gasteiger partial charge in [-0.05, 0) is 24.1 Å².